The second kappa shape index (κ2) is 5.25. The number of amides is 1. The van der Waals surface area contributed by atoms with Gasteiger partial charge in [-0.1, -0.05) is 54.6 Å². The summed E-state index contributed by atoms with van der Waals surface area (Å²) in [7, 11) is 0. The quantitative estimate of drug-likeness (QED) is 0.807. The van der Waals surface area contributed by atoms with Crippen molar-refractivity contribution in [2.24, 2.45) is 0 Å². The normalized spacial score (nSPS) is 27.2. The number of hydrogen-bond acceptors (Lipinski definition) is 2. The summed E-state index contributed by atoms with van der Waals surface area (Å²) in [5.74, 6) is 0.0513. The minimum absolute atomic E-state index is 0.0236. The standard InChI is InChI=1S/C19H19NO2/c1-13-16-10-6-5-9-15(16)11-18-20(19(13)21)17(12-22-18)14-7-3-2-4-8-14/h2-10,13,17-18H,11-12H2,1H3/t13-,17+,18+/m1/s1. The average Bonchev–Trinajstić information content (AvgIpc) is 2.94. The molecule has 3 atom stereocenters. The van der Waals surface area contributed by atoms with Gasteiger partial charge in [-0.15, -0.1) is 0 Å². The van der Waals surface area contributed by atoms with Crippen LogP contribution in [0.15, 0.2) is 54.6 Å². The lowest BCUT2D eigenvalue weighted by atomic mass is 9.94. The van der Waals surface area contributed by atoms with Gasteiger partial charge in [0.1, 0.15) is 6.23 Å². The van der Waals surface area contributed by atoms with E-state index in [1.807, 2.05) is 42.2 Å². The molecule has 112 valence electrons. The molecule has 0 unspecified atom stereocenters. The van der Waals surface area contributed by atoms with E-state index >= 15 is 0 Å². The van der Waals surface area contributed by atoms with E-state index in [0.29, 0.717) is 6.61 Å². The maximum Gasteiger partial charge on any atom is 0.232 e. The first-order valence-electron chi connectivity index (χ1n) is 7.82. The molecule has 0 aliphatic carbocycles. The smallest absolute Gasteiger partial charge is 0.232 e. The van der Waals surface area contributed by atoms with Crippen LogP contribution < -0.4 is 0 Å². The summed E-state index contributed by atoms with van der Waals surface area (Å²) >= 11 is 0. The minimum atomic E-state index is -0.149. The Kier molecular flexibility index (Phi) is 3.23. The monoisotopic (exact) mass is 293 g/mol. The summed E-state index contributed by atoms with van der Waals surface area (Å²) in [4.78, 5) is 15.0. The topological polar surface area (TPSA) is 29.5 Å². The Labute approximate surface area is 130 Å². The van der Waals surface area contributed by atoms with Crippen LogP contribution in [0.2, 0.25) is 0 Å². The highest BCUT2D eigenvalue weighted by Crippen LogP contribution is 2.38. The van der Waals surface area contributed by atoms with Crippen LogP contribution in [-0.4, -0.2) is 23.6 Å². The molecule has 0 spiro atoms. The molecule has 2 aromatic carbocycles. The fraction of sp³-hybridized carbons (Fsp3) is 0.316. The van der Waals surface area contributed by atoms with E-state index in [9.17, 15) is 4.79 Å². The summed E-state index contributed by atoms with van der Waals surface area (Å²) in [5, 5.41) is 0. The molecule has 4 rings (SSSR count). The summed E-state index contributed by atoms with van der Waals surface area (Å²) in [5.41, 5.74) is 3.51. The summed E-state index contributed by atoms with van der Waals surface area (Å²) in [6.07, 6.45) is 0.624. The van der Waals surface area contributed by atoms with Crippen LogP contribution in [0.5, 0.6) is 0 Å². The molecule has 0 saturated carbocycles. The molecule has 0 N–H and O–H groups in total. The Morgan fingerprint density at radius 2 is 1.77 bits per heavy atom. The molecule has 3 nitrogen and oxygen atoms in total. The number of nitrogens with zero attached hydrogens (tertiary/aromatic N) is 1. The zero-order valence-corrected chi connectivity index (χ0v) is 12.6. The molecular formula is C19H19NO2. The van der Waals surface area contributed by atoms with Crippen molar-refractivity contribution in [2.45, 2.75) is 31.5 Å². The predicted molar refractivity (Wildman–Crippen MR) is 84.3 cm³/mol. The highest BCUT2D eigenvalue weighted by atomic mass is 16.5. The largest absolute Gasteiger partial charge is 0.355 e. The van der Waals surface area contributed by atoms with Gasteiger partial charge >= 0.3 is 0 Å². The Morgan fingerprint density at radius 3 is 2.59 bits per heavy atom. The zero-order valence-electron chi connectivity index (χ0n) is 12.6. The van der Waals surface area contributed by atoms with E-state index < -0.39 is 0 Å². The molecule has 1 fully saturated rings. The highest BCUT2D eigenvalue weighted by molar-refractivity contribution is 5.85. The van der Waals surface area contributed by atoms with Crippen molar-refractivity contribution in [3.05, 3.63) is 71.3 Å². The Hall–Kier alpha value is -2.13. The average molecular weight is 293 g/mol. The summed E-state index contributed by atoms with van der Waals surface area (Å²) in [6.45, 7) is 2.58. The maximum atomic E-state index is 13.0. The first-order chi connectivity index (χ1) is 10.8. The van der Waals surface area contributed by atoms with Crippen molar-refractivity contribution >= 4 is 5.91 Å². The van der Waals surface area contributed by atoms with Gasteiger partial charge in [0.05, 0.1) is 18.6 Å². The molecule has 2 aliphatic heterocycles. The van der Waals surface area contributed by atoms with Crippen LogP contribution in [0.25, 0.3) is 0 Å². The van der Waals surface area contributed by atoms with Gasteiger partial charge in [0.25, 0.3) is 0 Å². The van der Waals surface area contributed by atoms with Gasteiger partial charge in [-0.2, -0.15) is 0 Å². The first kappa shape index (κ1) is 13.5. The number of hydrogen-bond donors (Lipinski definition) is 0. The van der Waals surface area contributed by atoms with E-state index in [0.717, 1.165) is 17.5 Å². The summed E-state index contributed by atoms with van der Waals surface area (Å²) in [6, 6.07) is 18.4. The van der Waals surface area contributed by atoms with Crippen LogP contribution in [0.1, 0.15) is 35.6 Å². The van der Waals surface area contributed by atoms with Crippen LogP contribution in [-0.2, 0) is 16.0 Å². The Morgan fingerprint density at radius 1 is 1.05 bits per heavy atom. The molecule has 22 heavy (non-hydrogen) atoms. The van der Waals surface area contributed by atoms with E-state index in [2.05, 4.69) is 24.3 Å². The number of carbonyl (C=O) groups is 1. The fourth-order valence-electron chi connectivity index (χ4n) is 3.64. The number of rotatable bonds is 1. The van der Waals surface area contributed by atoms with Crippen molar-refractivity contribution in [2.75, 3.05) is 6.61 Å². The fourth-order valence-corrected chi connectivity index (χ4v) is 3.64. The van der Waals surface area contributed by atoms with Crippen molar-refractivity contribution in [3.63, 3.8) is 0 Å². The number of ether oxygens (including phenoxy) is 1. The van der Waals surface area contributed by atoms with E-state index in [-0.39, 0.29) is 24.1 Å². The van der Waals surface area contributed by atoms with Gasteiger partial charge in [0.15, 0.2) is 0 Å². The zero-order chi connectivity index (χ0) is 15.1. The second-order valence-corrected chi connectivity index (χ2v) is 6.08. The lowest BCUT2D eigenvalue weighted by molar-refractivity contribution is -0.138. The SMILES string of the molecule is C[C@H]1C(=O)N2[C@H](Cc3ccccc31)OC[C@H]2c1ccccc1. The van der Waals surface area contributed by atoms with Gasteiger partial charge in [0.2, 0.25) is 5.91 Å². The van der Waals surface area contributed by atoms with Crippen LogP contribution in [0.4, 0.5) is 0 Å². The molecule has 0 aromatic heterocycles. The first-order valence-corrected chi connectivity index (χ1v) is 7.82. The minimum Gasteiger partial charge on any atom is -0.355 e. The van der Waals surface area contributed by atoms with Crippen molar-refractivity contribution < 1.29 is 9.53 Å². The number of benzene rings is 2. The van der Waals surface area contributed by atoms with Gasteiger partial charge in [-0.3, -0.25) is 4.79 Å². The molecule has 1 amide bonds. The van der Waals surface area contributed by atoms with E-state index in [1.165, 1.54) is 5.56 Å². The molecular weight excluding hydrogens is 274 g/mol. The van der Waals surface area contributed by atoms with Crippen molar-refractivity contribution in [1.29, 1.82) is 0 Å². The van der Waals surface area contributed by atoms with E-state index in [4.69, 9.17) is 4.74 Å². The van der Waals surface area contributed by atoms with Gasteiger partial charge in [0, 0.05) is 6.42 Å². The van der Waals surface area contributed by atoms with Crippen LogP contribution in [0.3, 0.4) is 0 Å². The second-order valence-electron chi connectivity index (χ2n) is 6.08. The van der Waals surface area contributed by atoms with Crippen LogP contribution >= 0.6 is 0 Å². The molecule has 2 heterocycles. The highest BCUT2D eigenvalue weighted by Gasteiger charge is 2.43. The molecule has 0 radical (unpaired) electrons. The lowest BCUT2D eigenvalue weighted by Gasteiger charge is -2.28. The summed E-state index contributed by atoms with van der Waals surface area (Å²) < 4.78 is 5.98. The van der Waals surface area contributed by atoms with E-state index in [1.54, 1.807) is 0 Å². The molecule has 3 heteroatoms. The predicted octanol–water partition coefficient (Wildman–Crippen LogP) is 3.27. The molecule has 0 bridgehead atoms. The van der Waals surface area contributed by atoms with Crippen molar-refractivity contribution in [1.82, 2.24) is 4.90 Å². The third kappa shape index (κ3) is 2.04. The molecule has 2 aliphatic rings. The van der Waals surface area contributed by atoms with Gasteiger partial charge < -0.3 is 9.64 Å². The lowest BCUT2D eigenvalue weighted by Crippen LogP contribution is -2.39. The molecule has 2 aromatic rings. The van der Waals surface area contributed by atoms with Crippen molar-refractivity contribution in [3.8, 4) is 0 Å². The van der Waals surface area contributed by atoms with Gasteiger partial charge in [-0.05, 0) is 23.6 Å². The number of fused-ring (bicyclic) bond motifs is 2. The maximum absolute atomic E-state index is 13.0. The van der Waals surface area contributed by atoms with Crippen LogP contribution in [0, 0.1) is 0 Å². The number of carbonyl (C=O) groups excluding carboxylic acids is 1. The Bertz CT molecular complexity index is 698. The Balaban J connectivity index is 1.74. The van der Waals surface area contributed by atoms with Gasteiger partial charge in [-0.25, -0.2) is 0 Å². The third-order valence-electron chi connectivity index (χ3n) is 4.82. The molecule has 1 saturated heterocycles. The third-order valence-corrected chi connectivity index (χ3v) is 4.82.